The number of anilines is 1. The minimum atomic E-state index is -0.160. The average molecular weight is 292 g/mol. The number of nitrogens with zero attached hydrogens (tertiary/aromatic N) is 1. The molecular weight excluding hydrogens is 263 g/mol. The van der Waals surface area contributed by atoms with Gasteiger partial charge in [0.15, 0.2) is 0 Å². The SMILES string of the molecule is CCN(CC1(CNC(C)C)CCCC1)c1ccc(F)cc1. The minimum Gasteiger partial charge on any atom is -0.371 e. The molecule has 1 fully saturated rings. The molecule has 0 aromatic heterocycles. The second kappa shape index (κ2) is 7.26. The Bertz CT molecular complexity index is 421. The summed E-state index contributed by atoms with van der Waals surface area (Å²) in [6.45, 7) is 9.72. The third kappa shape index (κ3) is 4.44. The second-order valence-corrected chi connectivity index (χ2v) is 6.73. The normalized spacial score (nSPS) is 17.4. The highest BCUT2D eigenvalue weighted by molar-refractivity contribution is 5.46. The number of hydrogen-bond donors (Lipinski definition) is 1. The average Bonchev–Trinajstić information content (AvgIpc) is 2.93. The zero-order valence-electron chi connectivity index (χ0n) is 13.7. The van der Waals surface area contributed by atoms with E-state index < -0.39 is 0 Å². The van der Waals surface area contributed by atoms with Gasteiger partial charge in [-0.3, -0.25) is 0 Å². The van der Waals surface area contributed by atoms with Gasteiger partial charge in [0.1, 0.15) is 5.82 Å². The van der Waals surface area contributed by atoms with Crippen molar-refractivity contribution in [3.05, 3.63) is 30.1 Å². The molecule has 3 heteroatoms. The van der Waals surface area contributed by atoms with Gasteiger partial charge in [-0.1, -0.05) is 26.7 Å². The van der Waals surface area contributed by atoms with Gasteiger partial charge in [0.25, 0.3) is 0 Å². The van der Waals surface area contributed by atoms with Crippen LogP contribution in [0.3, 0.4) is 0 Å². The van der Waals surface area contributed by atoms with Gasteiger partial charge in [0.2, 0.25) is 0 Å². The summed E-state index contributed by atoms with van der Waals surface area (Å²) in [4.78, 5) is 2.40. The van der Waals surface area contributed by atoms with Crippen LogP contribution in [0.1, 0.15) is 46.5 Å². The largest absolute Gasteiger partial charge is 0.371 e. The molecule has 1 aromatic carbocycles. The minimum absolute atomic E-state index is 0.160. The van der Waals surface area contributed by atoms with Gasteiger partial charge < -0.3 is 10.2 Å². The van der Waals surface area contributed by atoms with Crippen LogP contribution >= 0.6 is 0 Å². The lowest BCUT2D eigenvalue weighted by Crippen LogP contribution is -2.44. The van der Waals surface area contributed by atoms with E-state index in [0.29, 0.717) is 11.5 Å². The Hall–Kier alpha value is -1.09. The van der Waals surface area contributed by atoms with Crippen molar-refractivity contribution < 1.29 is 4.39 Å². The summed E-state index contributed by atoms with van der Waals surface area (Å²) in [5, 5.41) is 3.63. The molecule has 1 aliphatic rings. The molecule has 2 rings (SSSR count). The predicted octanol–water partition coefficient (Wildman–Crippen LogP) is 4.21. The van der Waals surface area contributed by atoms with E-state index in [0.717, 1.165) is 25.3 Å². The van der Waals surface area contributed by atoms with E-state index >= 15 is 0 Å². The predicted molar refractivity (Wildman–Crippen MR) is 88.3 cm³/mol. The van der Waals surface area contributed by atoms with Gasteiger partial charge in [-0.05, 0) is 44.0 Å². The molecule has 0 amide bonds. The fourth-order valence-corrected chi connectivity index (χ4v) is 3.38. The molecule has 1 aromatic rings. The Balaban J connectivity index is 2.08. The van der Waals surface area contributed by atoms with Crippen LogP contribution < -0.4 is 10.2 Å². The molecular formula is C18H29FN2. The summed E-state index contributed by atoms with van der Waals surface area (Å²) in [6.07, 6.45) is 5.26. The lowest BCUT2D eigenvalue weighted by atomic mass is 9.85. The van der Waals surface area contributed by atoms with Crippen molar-refractivity contribution in [1.29, 1.82) is 0 Å². The van der Waals surface area contributed by atoms with Crippen LogP contribution in [0.2, 0.25) is 0 Å². The van der Waals surface area contributed by atoms with E-state index in [-0.39, 0.29) is 5.82 Å². The van der Waals surface area contributed by atoms with Crippen LogP contribution in [0.5, 0.6) is 0 Å². The number of benzene rings is 1. The van der Waals surface area contributed by atoms with Crippen molar-refractivity contribution in [3.8, 4) is 0 Å². The number of nitrogens with one attached hydrogen (secondary N) is 1. The summed E-state index contributed by atoms with van der Waals surface area (Å²) in [5.74, 6) is -0.160. The van der Waals surface area contributed by atoms with Crippen LogP contribution in [0.15, 0.2) is 24.3 Å². The van der Waals surface area contributed by atoms with Crippen molar-refractivity contribution in [2.24, 2.45) is 5.41 Å². The molecule has 2 nitrogen and oxygen atoms in total. The van der Waals surface area contributed by atoms with Gasteiger partial charge in [-0.2, -0.15) is 0 Å². The number of halogens is 1. The highest BCUT2D eigenvalue weighted by Gasteiger charge is 2.35. The number of rotatable bonds is 7. The van der Waals surface area contributed by atoms with Gasteiger partial charge in [0, 0.05) is 36.8 Å². The Morgan fingerprint density at radius 1 is 1.19 bits per heavy atom. The monoisotopic (exact) mass is 292 g/mol. The Labute approximate surface area is 128 Å². The first kappa shape index (κ1) is 16.3. The van der Waals surface area contributed by atoms with Crippen molar-refractivity contribution in [2.45, 2.75) is 52.5 Å². The third-order valence-electron chi connectivity index (χ3n) is 4.65. The fraction of sp³-hybridized carbons (Fsp3) is 0.667. The lowest BCUT2D eigenvalue weighted by molar-refractivity contribution is 0.275. The Morgan fingerprint density at radius 2 is 1.81 bits per heavy atom. The van der Waals surface area contributed by atoms with Crippen LogP contribution in [0, 0.1) is 11.2 Å². The second-order valence-electron chi connectivity index (χ2n) is 6.73. The van der Waals surface area contributed by atoms with Gasteiger partial charge in [-0.15, -0.1) is 0 Å². The first-order valence-electron chi connectivity index (χ1n) is 8.28. The third-order valence-corrected chi connectivity index (χ3v) is 4.65. The molecule has 0 aliphatic heterocycles. The number of hydrogen-bond acceptors (Lipinski definition) is 2. The molecule has 21 heavy (non-hydrogen) atoms. The molecule has 1 aliphatic carbocycles. The first-order valence-corrected chi connectivity index (χ1v) is 8.28. The highest BCUT2D eigenvalue weighted by Crippen LogP contribution is 2.39. The summed E-state index contributed by atoms with van der Waals surface area (Å²) >= 11 is 0. The molecule has 1 saturated carbocycles. The van der Waals surface area contributed by atoms with Crippen LogP contribution in [0.25, 0.3) is 0 Å². The Morgan fingerprint density at radius 3 is 2.33 bits per heavy atom. The van der Waals surface area contributed by atoms with E-state index in [1.165, 1.54) is 25.7 Å². The summed E-state index contributed by atoms with van der Waals surface area (Å²) in [7, 11) is 0. The van der Waals surface area contributed by atoms with Gasteiger partial charge >= 0.3 is 0 Å². The molecule has 0 saturated heterocycles. The Kier molecular flexibility index (Phi) is 5.63. The van der Waals surface area contributed by atoms with E-state index in [4.69, 9.17) is 0 Å². The maximum atomic E-state index is 13.1. The summed E-state index contributed by atoms with van der Waals surface area (Å²) in [5.41, 5.74) is 1.50. The van der Waals surface area contributed by atoms with Crippen molar-refractivity contribution >= 4 is 5.69 Å². The van der Waals surface area contributed by atoms with Crippen LogP contribution in [-0.2, 0) is 0 Å². The lowest BCUT2D eigenvalue weighted by Gasteiger charge is -2.37. The fourth-order valence-electron chi connectivity index (χ4n) is 3.38. The molecule has 1 N–H and O–H groups in total. The quantitative estimate of drug-likeness (QED) is 0.810. The summed E-state index contributed by atoms with van der Waals surface area (Å²) in [6, 6.07) is 7.45. The topological polar surface area (TPSA) is 15.3 Å². The van der Waals surface area contributed by atoms with Gasteiger partial charge in [0.05, 0.1) is 0 Å². The standard InChI is InChI=1S/C18H29FN2/c1-4-21(17-9-7-16(19)8-10-17)14-18(11-5-6-12-18)13-20-15(2)3/h7-10,15,20H,4-6,11-14H2,1-3H3. The smallest absolute Gasteiger partial charge is 0.123 e. The van der Waals surface area contributed by atoms with E-state index in [1.54, 1.807) is 12.1 Å². The zero-order chi connectivity index (χ0) is 15.3. The van der Waals surface area contributed by atoms with E-state index in [1.807, 2.05) is 12.1 Å². The molecule has 0 radical (unpaired) electrons. The van der Waals surface area contributed by atoms with E-state index in [9.17, 15) is 4.39 Å². The zero-order valence-corrected chi connectivity index (χ0v) is 13.7. The van der Waals surface area contributed by atoms with Crippen molar-refractivity contribution in [3.63, 3.8) is 0 Å². The van der Waals surface area contributed by atoms with Crippen molar-refractivity contribution in [1.82, 2.24) is 5.32 Å². The van der Waals surface area contributed by atoms with E-state index in [2.05, 4.69) is 31.0 Å². The maximum absolute atomic E-state index is 13.1. The maximum Gasteiger partial charge on any atom is 0.123 e. The molecule has 0 bridgehead atoms. The molecule has 0 unspecified atom stereocenters. The highest BCUT2D eigenvalue weighted by atomic mass is 19.1. The first-order chi connectivity index (χ1) is 10.0. The van der Waals surface area contributed by atoms with Crippen LogP contribution in [0.4, 0.5) is 10.1 Å². The molecule has 0 spiro atoms. The molecule has 0 heterocycles. The molecule has 118 valence electrons. The van der Waals surface area contributed by atoms with Crippen LogP contribution in [-0.4, -0.2) is 25.7 Å². The van der Waals surface area contributed by atoms with Crippen molar-refractivity contribution in [2.75, 3.05) is 24.5 Å². The summed E-state index contributed by atoms with van der Waals surface area (Å²) < 4.78 is 13.1. The molecule has 0 atom stereocenters. The van der Waals surface area contributed by atoms with Gasteiger partial charge in [-0.25, -0.2) is 4.39 Å².